The molecule has 7 heteroatoms. The Balaban J connectivity index is 0.952. The van der Waals surface area contributed by atoms with Crippen molar-refractivity contribution < 1.29 is 0 Å². The normalized spacial score (nSPS) is 12.0. The SMILES string of the molecule is c1ccc(-n2c3ccccc3c3c2ccc2c4ccccc4n(-c4nc(-c5ccc([Si](c6ccccc6)(c6ccccc6)c6ccccc6)cc5)cc(-n5c6ccccc6c6cc([Si](c7ccccc7)(c7ccccc7)c7ccccc7)ccc65)n4)c23)cc1. The first-order chi connectivity index (χ1) is 44.2. The lowest BCUT2D eigenvalue weighted by Gasteiger charge is -2.34. The lowest BCUT2D eigenvalue weighted by atomic mass is 10.1. The van der Waals surface area contributed by atoms with Crippen molar-refractivity contribution in [3.05, 3.63) is 346 Å². The number of rotatable bonds is 12. The Hall–Kier alpha value is -11.2. The predicted molar refractivity (Wildman–Crippen MR) is 378 cm³/mol. The Labute approximate surface area is 518 Å². The standard InChI is InChI=1S/C82H57N5Si2/c1-8-28-59(29-9-1)85-76-47-27-24-44-71(76)80-78(85)55-53-70-68-42-22-26-46-75(68)87(81(70)80)82-83-73(58-48-50-66(51-49-58)88(60-30-10-2-11-31-60,61-32-12-3-13-33-61)62-34-14-4-15-35-62)57-79(84-82)86-74-45-25-23-43-69(74)72-56-67(52-54-77(72)86)89(63-36-16-5-17-37-63,64-38-18-6-19-39-64)65-40-20-7-21-41-65/h1-57H. The maximum atomic E-state index is 5.91. The number of nitrogens with zero attached hydrogens (tertiary/aromatic N) is 5. The van der Waals surface area contributed by atoms with E-state index in [0.717, 1.165) is 82.8 Å². The molecule has 0 spiro atoms. The number of aromatic nitrogens is 5. The van der Waals surface area contributed by atoms with Crippen LogP contribution in [0.2, 0.25) is 0 Å². The van der Waals surface area contributed by atoms with Crippen molar-refractivity contribution in [2.24, 2.45) is 0 Å². The summed E-state index contributed by atoms with van der Waals surface area (Å²) in [5.41, 5.74) is 9.40. The molecule has 17 rings (SSSR count). The average Bonchev–Trinajstić information content (AvgIpc) is 1.55. The van der Waals surface area contributed by atoms with E-state index in [2.05, 4.69) is 359 Å². The van der Waals surface area contributed by atoms with E-state index in [-0.39, 0.29) is 0 Å². The molecule has 0 bridgehead atoms. The number of hydrogen-bond donors (Lipinski definition) is 0. The van der Waals surface area contributed by atoms with E-state index in [1.165, 1.54) is 46.9 Å². The summed E-state index contributed by atoms with van der Waals surface area (Å²) in [6.45, 7) is 0. The van der Waals surface area contributed by atoms with E-state index in [9.17, 15) is 0 Å². The van der Waals surface area contributed by atoms with Crippen LogP contribution in [0.15, 0.2) is 346 Å². The molecule has 0 amide bonds. The van der Waals surface area contributed by atoms with Gasteiger partial charge in [-0.1, -0.05) is 297 Å². The van der Waals surface area contributed by atoms with E-state index < -0.39 is 16.1 Å². The van der Waals surface area contributed by atoms with Crippen molar-refractivity contribution in [2.75, 3.05) is 0 Å². The molecule has 0 fully saturated rings. The van der Waals surface area contributed by atoms with Crippen LogP contribution in [0.5, 0.6) is 0 Å². The molecule has 0 N–H and O–H groups in total. The second-order valence-electron chi connectivity index (χ2n) is 23.2. The number of fused-ring (bicyclic) bond motifs is 10. The molecule has 418 valence electrons. The molecule has 0 unspecified atom stereocenters. The summed E-state index contributed by atoms with van der Waals surface area (Å²) in [6, 6.07) is 128. The van der Waals surface area contributed by atoms with Gasteiger partial charge in [-0.05, 0) is 84.0 Å². The summed E-state index contributed by atoms with van der Waals surface area (Å²) < 4.78 is 7.13. The number of benzene rings is 13. The quantitative estimate of drug-likeness (QED) is 0.0903. The molecular formula is C82H57N5Si2. The van der Waals surface area contributed by atoms with Crippen LogP contribution < -0.4 is 41.5 Å². The third kappa shape index (κ3) is 8.13. The van der Waals surface area contributed by atoms with Crippen molar-refractivity contribution >= 4 is 123 Å². The summed E-state index contributed by atoms with van der Waals surface area (Å²) in [5, 5.41) is 17.5. The van der Waals surface area contributed by atoms with Gasteiger partial charge in [0.05, 0.1) is 38.8 Å². The molecule has 4 heterocycles. The highest BCUT2D eigenvalue weighted by atomic mass is 28.3. The maximum absolute atomic E-state index is 5.91. The molecule has 0 saturated carbocycles. The van der Waals surface area contributed by atoms with Gasteiger partial charge in [-0.25, -0.2) is 4.98 Å². The zero-order chi connectivity index (χ0) is 58.9. The highest BCUT2D eigenvalue weighted by Crippen LogP contribution is 2.42. The van der Waals surface area contributed by atoms with Gasteiger partial charge in [0, 0.05) is 49.6 Å². The Morgan fingerprint density at radius 3 is 1.11 bits per heavy atom. The van der Waals surface area contributed by atoms with Crippen LogP contribution in [0.4, 0.5) is 0 Å². The van der Waals surface area contributed by atoms with Crippen LogP contribution in [-0.4, -0.2) is 39.8 Å². The zero-order valence-corrected chi connectivity index (χ0v) is 50.6. The van der Waals surface area contributed by atoms with Crippen LogP contribution in [-0.2, 0) is 0 Å². The smallest absolute Gasteiger partial charge is 0.237 e. The van der Waals surface area contributed by atoms with Gasteiger partial charge in [0.25, 0.3) is 0 Å². The minimum Gasteiger partial charge on any atom is -0.309 e. The maximum Gasteiger partial charge on any atom is 0.237 e. The van der Waals surface area contributed by atoms with Crippen molar-refractivity contribution in [1.29, 1.82) is 0 Å². The minimum absolute atomic E-state index is 0.588. The molecule has 0 aliphatic carbocycles. The monoisotopic (exact) mass is 1170 g/mol. The lowest BCUT2D eigenvalue weighted by Crippen LogP contribution is -2.74. The average molecular weight is 1170 g/mol. The van der Waals surface area contributed by atoms with Crippen LogP contribution in [0.3, 0.4) is 0 Å². The third-order valence-corrected chi connectivity index (χ3v) is 28.1. The van der Waals surface area contributed by atoms with Crippen molar-refractivity contribution in [3.63, 3.8) is 0 Å². The van der Waals surface area contributed by atoms with E-state index in [0.29, 0.717) is 5.95 Å². The molecule has 89 heavy (non-hydrogen) atoms. The Kier molecular flexibility index (Phi) is 12.5. The minimum atomic E-state index is -2.91. The van der Waals surface area contributed by atoms with E-state index in [1.807, 2.05) is 0 Å². The molecular weight excluding hydrogens is 1110 g/mol. The Bertz CT molecular complexity index is 5270. The van der Waals surface area contributed by atoms with E-state index in [4.69, 9.17) is 9.97 Å². The Morgan fingerprint density at radius 2 is 0.607 bits per heavy atom. The summed E-state index contributed by atoms with van der Waals surface area (Å²) in [6.07, 6.45) is 0. The number of hydrogen-bond acceptors (Lipinski definition) is 2. The van der Waals surface area contributed by atoms with Crippen molar-refractivity contribution in [1.82, 2.24) is 23.7 Å². The highest BCUT2D eigenvalue weighted by Gasteiger charge is 2.43. The van der Waals surface area contributed by atoms with E-state index in [1.54, 1.807) is 0 Å². The predicted octanol–water partition coefficient (Wildman–Crippen LogP) is 14.2. The van der Waals surface area contributed by atoms with Gasteiger partial charge in [0.15, 0.2) is 16.1 Å². The highest BCUT2D eigenvalue weighted by molar-refractivity contribution is 7.20. The van der Waals surface area contributed by atoms with Crippen LogP contribution >= 0.6 is 0 Å². The fourth-order valence-electron chi connectivity index (χ4n) is 14.8. The molecule has 0 aliphatic rings. The third-order valence-electron chi connectivity index (χ3n) is 18.6. The molecule has 17 aromatic rings. The fourth-order valence-corrected chi connectivity index (χ4v) is 24.3. The van der Waals surface area contributed by atoms with Crippen LogP contribution in [0, 0.1) is 0 Å². The Morgan fingerprint density at radius 1 is 0.236 bits per heavy atom. The van der Waals surface area contributed by atoms with E-state index >= 15 is 0 Å². The first-order valence-electron chi connectivity index (χ1n) is 30.6. The molecule has 0 aliphatic heterocycles. The van der Waals surface area contributed by atoms with Gasteiger partial charge in [-0.2, -0.15) is 4.98 Å². The van der Waals surface area contributed by atoms with Crippen LogP contribution in [0.1, 0.15) is 0 Å². The molecule has 4 aromatic heterocycles. The topological polar surface area (TPSA) is 40.6 Å². The van der Waals surface area contributed by atoms with Crippen molar-refractivity contribution in [2.45, 2.75) is 0 Å². The summed E-state index contributed by atoms with van der Waals surface area (Å²) in [7, 11) is -5.76. The summed E-state index contributed by atoms with van der Waals surface area (Å²) in [4.78, 5) is 11.7. The fraction of sp³-hybridized carbons (Fsp3) is 0. The lowest BCUT2D eigenvalue weighted by molar-refractivity contribution is 0.953. The van der Waals surface area contributed by atoms with Gasteiger partial charge in [0.2, 0.25) is 5.95 Å². The summed E-state index contributed by atoms with van der Waals surface area (Å²) >= 11 is 0. The second-order valence-corrected chi connectivity index (χ2v) is 30.8. The van der Waals surface area contributed by atoms with Gasteiger partial charge in [-0.3, -0.25) is 9.13 Å². The second kappa shape index (κ2) is 21.3. The van der Waals surface area contributed by atoms with Gasteiger partial charge < -0.3 is 4.57 Å². The largest absolute Gasteiger partial charge is 0.309 e. The summed E-state index contributed by atoms with van der Waals surface area (Å²) in [5.74, 6) is 1.36. The molecule has 0 radical (unpaired) electrons. The van der Waals surface area contributed by atoms with Gasteiger partial charge in [0.1, 0.15) is 5.82 Å². The first-order valence-corrected chi connectivity index (χ1v) is 34.6. The van der Waals surface area contributed by atoms with Crippen LogP contribution in [0.25, 0.3) is 94.1 Å². The molecule has 5 nitrogen and oxygen atoms in total. The molecule has 0 atom stereocenters. The zero-order valence-electron chi connectivity index (χ0n) is 48.6. The number of para-hydroxylation sites is 4. The van der Waals surface area contributed by atoms with Gasteiger partial charge in [-0.15, -0.1) is 0 Å². The first kappa shape index (κ1) is 52.1. The molecule has 0 saturated heterocycles. The molecule has 13 aromatic carbocycles. The van der Waals surface area contributed by atoms with Gasteiger partial charge >= 0.3 is 0 Å². The van der Waals surface area contributed by atoms with Crippen molar-refractivity contribution in [3.8, 4) is 28.7 Å².